The Morgan fingerprint density at radius 1 is 1.29 bits per heavy atom. The smallest absolute Gasteiger partial charge is 0.338 e. The fourth-order valence-electron chi connectivity index (χ4n) is 4.13. The minimum atomic E-state index is -0.595. The molecular weight excluding hydrogens is 568 g/mol. The van der Waals surface area contributed by atoms with Crippen molar-refractivity contribution in [3.63, 3.8) is 0 Å². The van der Waals surface area contributed by atoms with Gasteiger partial charge in [-0.25, -0.2) is 9.48 Å². The number of hydrogen-bond acceptors (Lipinski definition) is 8. The van der Waals surface area contributed by atoms with Gasteiger partial charge in [-0.05, 0) is 65.0 Å². The highest BCUT2D eigenvalue weighted by molar-refractivity contribution is 9.10. The number of carbonyl (C=O) groups is 1. The lowest BCUT2D eigenvalue weighted by Crippen LogP contribution is -2.29. The van der Waals surface area contributed by atoms with Crippen LogP contribution in [0, 0.1) is 6.92 Å². The summed E-state index contributed by atoms with van der Waals surface area (Å²) >= 11 is 5.25. The number of anilines is 1. The normalized spacial score (nSPS) is 14.5. The molecule has 1 N–H and O–H groups in total. The first-order valence-corrected chi connectivity index (χ1v) is 14.1. The molecule has 1 aliphatic heterocycles. The lowest BCUT2D eigenvalue weighted by atomic mass is 9.95. The number of esters is 1. The largest absolute Gasteiger partial charge is 0.493 e. The standard InChI is InChI=1S/C28H31BrN4O4S/c1-6-12-36-26(34)23-18(4)30-27-31-28(38-13-7-2)32-33(27)24(23)20-14-21(29)25(22(15-20)35-5)37-16-19-11-9-8-10-17(19)3/h6,8-11,14-15,24H,1,7,12-13,16H2,2-5H3,(H,30,31,32). The summed E-state index contributed by atoms with van der Waals surface area (Å²) < 4.78 is 19.8. The summed E-state index contributed by atoms with van der Waals surface area (Å²) in [6.07, 6.45) is 2.54. The molecule has 0 saturated carbocycles. The van der Waals surface area contributed by atoms with Crippen LogP contribution in [0.2, 0.25) is 0 Å². The van der Waals surface area contributed by atoms with Gasteiger partial charge in [0.1, 0.15) is 19.3 Å². The summed E-state index contributed by atoms with van der Waals surface area (Å²) in [5, 5.41) is 8.60. The Balaban J connectivity index is 1.76. The van der Waals surface area contributed by atoms with Crippen molar-refractivity contribution >= 4 is 39.6 Å². The Hall–Kier alpha value is -3.24. The fraction of sp³-hybridized carbons (Fsp3) is 0.321. The van der Waals surface area contributed by atoms with Crippen molar-refractivity contribution in [2.24, 2.45) is 0 Å². The maximum atomic E-state index is 13.2. The number of hydrogen-bond donors (Lipinski definition) is 1. The molecule has 0 fully saturated rings. The average Bonchev–Trinajstić information content (AvgIpc) is 3.31. The van der Waals surface area contributed by atoms with Crippen LogP contribution in [0.25, 0.3) is 0 Å². The number of rotatable bonds is 11. The molecule has 0 spiro atoms. The average molecular weight is 600 g/mol. The Kier molecular flexibility index (Phi) is 9.17. The van der Waals surface area contributed by atoms with Gasteiger partial charge in [0.2, 0.25) is 11.1 Å². The van der Waals surface area contributed by atoms with Gasteiger partial charge in [-0.15, -0.1) is 5.10 Å². The van der Waals surface area contributed by atoms with Gasteiger partial charge >= 0.3 is 5.97 Å². The summed E-state index contributed by atoms with van der Waals surface area (Å²) in [6, 6.07) is 11.3. The van der Waals surface area contributed by atoms with Crippen molar-refractivity contribution in [2.45, 2.75) is 45.0 Å². The molecule has 10 heteroatoms. The summed E-state index contributed by atoms with van der Waals surface area (Å²) in [5.41, 5.74) is 4.07. The molecule has 4 rings (SSSR count). The summed E-state index contributed by atoms with van der Waals surface area (Å²) in [5.74, 6) is 2.09. The molecule has 1 atom stereocenters. The number of nitrogens with one attached hydrogen (secondary N) is 1. The minimum absolute atomic E-state index is 0.100. The van der Waals surface area contributed by atoms with Gasteiger partial charge in [0.25, 0.3) is 0 Å². The topological polar surface area (TPSA) is 87.5 Å². The monoisotopic (exact) mass is 598 g/mol. The van der Waals surface area contributed by atoms with Gasteiger partial charge in [-0.1, -0.05) is 55.6 Å². The molecule has 0 bridgehead atoms. The van der Waals surface area contributed by atoms with Crippen LogP contribution in [0.3, 0.4) is 0 Å². The third-order valence-electron chi connectivity index (χ3n) is 6.02. The Labute approximate surface area is 235 Å². The molecule has 1 aromatic heterocycles. The number of thioether (sulfide) groups is 1. The molecule has 8 nitrogen and oxygen atoms in total. The van der Waals surface area contributed by atoms with E-state index in [9.17, 15) is 4.79 Å². The van der Waals surface area contributed by atoms with Crippen LogP contribution in [-0.2, 0) is 16.1 Å². The third kappa shape index (κ3) is 5.91. The summed E-state index contributed by atoms with van der Waals surface area (Å²) in [4.78, 5) is 17.9. The van der Waals surface area contributed by atoms with E-state index in [-0.39, 0.29) is 6.61 Å². The SMILES string of the molecule is C=CCOC(=O)C1=C(C)Nc2nc(SCCC)nn2C1c1cc(Br)c(OCc2ccccc2C)c(OC)c1. The second-order valence-corrected chi connectivity index (χ2v) is 10.6. The maximum absolute atomic E-state index is 13.2. The predicted molar refractivity (Wildman–Crippen MR) is 153 cm³/mol. The van der Waals surface area contributed by atoms with Gasteiger partial charge in [-0.2, -0.15) is 4.98 Å². The van der Waals surface area contributed by atoms with Crippen molar-refractivity contribution in [3.05, 3.63) is 81.5 Å². The Bertz CT molecular complexity index is 1370. The first kappa shape index (κ1) is 27.8. The van der Waals surface area contributed by atoms with E-state index >= 15 is 0 Å². The van der Waals surface area contributed by atoms with Crippen LogP contribution in [0.5, 0.6) is 11.5 Å². The van der Waals surface area contributed by atoms with Crippen LogP contribution in [0.4, 0.5) is 5.95 Å². The first-order valence-electron chi connectivity index (χ1n) is 12.3. The van der Waals surface area contributed by atoms with Gasteiger partial charge in [0.05, 0.1) is 17.2 Å². The highest BCUT2D eigenvalue weighted by atomic mass is 79.9. The molecule has 1 unspecified atom stereocenters. The van der Waals surface area contributed by atoms with Crippen molar-refractivity contribution in [2.75, 3.05) is 24.8 Å². The highest BCUT2D eigenvalue weighted by Crippen LogP contribution is 2.43. The van der Waals surface area contributed by atoms with E-state index in [1.54, 1.807) is 29.6 Å². The number of carbonyl (C=O) groups excluding carboxylic acids is 1. The van der Waals surface area contributed by atoms with E-state index in [4.69, 9.17) is 19.3 Å². The molecule has 2 heterocycles. The molecule has 1 aliphatic rings. The Morgan fingerprint density at radius 2 is 2.08 bits per heavy atom. The lowest BCUT2D eigenvalue weighted by molar-refractivity contribution is -0.138. The number of fused-ring (bicyclic) bond motifs is 1. The van der Waals surface area contributed by atoms with Gasteiger partial charge in [0, 0.05) is 11.4 Å². The quantitative estimate of drug-likeness (QED) is 0.153. The molecule has 3 aromatic rings. The van der Waals surface area contributed by atoms with Gasteiger partial charge < -0.3 is 19.5 Å². The first-order chi connectivity index (χ1) is 18.4. The van der Waals surface area contributed by atoms with Crippen LogP contribution in [0.1, 0.15) is 43.0 Å². The molecule has 2 aromatic carbocycles. The highest BCUT2D eigenvalue weighted by Gasteiger charge is 2.36. The number of methoxy groups -OCH3 is 1. The number of ether oxygens (including phenoxy) is 3. The molecule has 38 heavy (non-hydrogen) atoms. The number of benzene rings is 2. The zero-order valence-electron chi connectivity index (χ0n) is 21.9. The third-order valence-corrected chi connectivity index (χ3v) is 7.65. The second kappa shape index (κ2) is 12.5. The summed E-state index contributed by atoms with van der Waals surface area (Å²) in [7, 11) is 1.59. The van der Waals surface area contributed by atoms with Crippen LogP contribution in [-0.4, -0.2) is 40.2 Å². The van der Waals surface area contributed by atoms with E-state index in [0.29, 0.717) is 45.0 Å². The van der Waals surface area contributed by atoms with Crippen molar-refractivity contribution in [3.8, 4) is 11.5 Å². The van der Waals surface area contributed by atoms with Crippen molar-refractivity contribution in [1.82, 2.24) is 14.8 Å². The van der Waals surface area contributed by atoms with E-state index < -0.39 is 12.0 Å². The second-order valence-electron chi connectivity index (χ2n) is 8.71. The Morgan fingerprint density at radius 3 is 2.79 bits per heavy atom. The van der Waals surface area contributed by atoms with E-state index in [1.807, 2.05) is 37.3 Å². The number of aromatic nitrogens is 3. The van der Waals surface area contributed by atoms with E-state index in [0.717, 1.165) is 28.9 Å². The molecule has 0 saturated heterocycles. The fourth-order valence-corrected chi connectivity index (χ4v) is 5.39. The predicted octanol–water partition coefficient (Wildman–Crippen LogP) is 6.46. The van der Waals surface area contributed by atoms with E-state index in [2.05, 4.69) is 52.7 Å². The van der Waals surface area contributed by atoms with Crippen LogP contribution < -0.4 is 14.8 Å². The number of halogens is 1. The molecule has 0 radical (unpaired) electrons. The minimum Gasteiger partial charge on any atom is -0.493 e. The van der Waals surface area contributed by atoms with Crippen molar-refractivity contribution < 1.29 is 19.0 Å². The van der Waals surface area contributed by atoms with Crippen LogP contribution >= 0.6 is 27.7 Å². The van der Waals surface area contributed by atoms with Gasteiger partial charge in [-0.3, -0.25) is 0 Å². The van der Waals surface area contributed by atoms with Crippen LogP contribution in [0.15, 0.2) is 70.0 Å². The number of nitrogens with zero attached hydrogens (tertiary/aromatic N) is 3. The maximum Gasteiger partial charge on any atom is 0.338 e. The molecule has 0 aliphatic carbocycles. The van der Waals surface area contributed by atoms with E-state index in [1.165, 1.54) is 0 Å². The zero-order valence-corrected chi connectivity index (χ0v) is 24.3. The molecule has 200 valence electrons. The number of aryl methyl sites for hydroxylation is 1. The molecular formula is C28H31BrN4O4S. The zero-order chi connectivity index (χ0) is 27.2. The summed E-state index contributed by atoms with van der Waals surface area (Å²) in [6.45, 7) is 10.1. The lowest BCUT2D eigenvalue weighted by Gasteiger charge is -2.28. The van der Waals surface area contributed by atoms with Crippen molar-refractivity contribution in [1.29, 1.82) is 0 Å². The molecule has 0 amide bonds. The number of allylic oxidation sites excluding steroid dienone is 1. The van der Waals surface area contributed by atoms with Gasteiger partial charge in [0.15, 0.2) is 11.5 Å².